The third-order valence-corrected chi connectivity index (χ3v) is 8.75. The van der Waals surface area contributed by atoms with Crippen LogP contribution in [0.1, 0.15) is 30.5 Å². The molecule has 2 heterocycles. The van der Waals surface area contributed by atoms with Gasteiger partial charge in [0.1, 0.15) is 18.0 Å². The third-order valence-electron chi connectivity index (χ3n) is 8.40. The quantitative estimate of drug-likeness (QED) is 0.395. The second kappa shape index (κ2) is 13.2. The van der Waals surface area contributed by atoms with Crippen LogP contribution in [0.25, 0.3) is 0 Å². The minimum absolute atomic E-state index is 0.0531. The van der Waals surface area contributed by atoms with Crippen LogP contribution >= 0.6 is 11.6 Å². The Kier molecular flexibility index (Phi) is 9.31. The molecular weight excluding hydrogens is 580 g/mol. The number of hydrazine groups is 1. The number of nitrogens with one attached hydrogen (secondary N) is 1. The summed E-state index contributed by atoms with van der Waals surface area (Å²) in [6.45, 7) is 4.74. The van der Waals surface area contributed by atoms with E-state index in [0.29, 0.717) is 11.6 Å². The maximum absolute atomic E-state index is 14.3. The highest BCUT2D eigenvalue weighted by molar-refractivity contribution is 6.31. The molecule has 2 N–H and O–H groups in total. The van der Waals surface area contributed by atoms with E-state index in [1.165, 1.54) is 0 Å². The highest BCUT2D eigenvalue weighted by Crippen LogP contribution is 2.33. The molecule has 0 spiro atoms. The molecular formula is C33H39ClN6O4. The fraction of sp³-hybridized carbons (Fsp3) is 0.364. The van der Waals surface area contributed by atoms with E-state index in [1.54, 1.807) is 51.1 Å². The maximum atomic E-state index is 14.3. The van der Waals surface area contributed by atoms with Gasteiger partial charge in [0.15, 0.2) is 0 Å². The molecule has 5 rings (SSSR count). The number of aromatic hydroxyl groups is 1. The van der Waals surface area contributed by atoms with E-state index in [0.717, 1.165) is 22.4 Å². The number of anilines is 1. The Labute approximate surface area is 263 Å². The van der Waals surface area contributed by atoms with Crippen molar-refractivity contribution in [3.8, 4) is 5.75 Å². The molecule has 4 amide bonds. The Morgan fingerprint density at radius 2 is 1.73 bits per heavy atom. The SMILES string of the molecule is CC(C)N(C)c1cccc(Cl)c1CN1C[C@H]2N(C(=O)CN(C)N2C(=O)NCc2ccccc2)[C@@H](Cc2ccc(O)cc2)C1=O. The van der Waals surface area contributed by atoms with E-state index in [4.69, 9.17) is 11.6 Å². The zero-order valence-electron chi connectivity index (χ0n) is 25.5. The minimum Gasteiger partial charge on any atom is -0.508 e. The van der Waals surface area contributed by atoms with Gasteiger partial charge in [-0.05, 0) is 49.2 Å². The molecule has 0 bridgehead atoms. The standard InChI is InChI=1S/C33H39ClN6O4/c1-22(2)37(4)28-12-8-11-27(34)26(28)19-38-20-30-39(29(32(38)43)17-23-13-15-25(41)16-14-23)31(42)21-36(3)40(30)33(44)35-18-24-9-6-5-7-10-24/h5-16,22,29-30,41H,17-21H2,1-4H3,(H,35,44)/t29-,30-/m0/s1. The number of phenols is 1. The van der Waals surface area contributed by atoms with E-state index in [-0.39, 0.29) is 55.7 Å². The largest absolute Gasteiger partial charge is 0.508 e. The first-order valence-corrected chi connectivity index (χ1v) is 15.1. The number of fused-ring (bicyclic) bond motifs is 1. The number of nitrogens with zero attached hydrogens (tertiary/aromatic N) is 5. The van der Waals surface area contributed by atoms with Crippen LogP contribution in [0, 0.1) is 0 Å². The molecule has 0 saturated carbocycles. The lowest BCUT2D eigenvalue weighted by Gasteiger charge is -2.54. The fourth-order valence-electron chi connectivity index (χ4n) is 5.86. The monoisotopic (exact) mass is 618 g/mol. The van der Waals surface area contributed by atoms with Crippen molar-refractivity contribution in [1.29, 1.82) is 0 Å². The van der Waals surface area contributed by atoms with Crippen molar-refractivity contribution in [1.82, 2.24) is 25.1 Å². The van der Waals surface area contributed by atoms with Gasteiger partial charge in [-0.15, -0.1) is 0 Å². The summed E-state index contributed by atoms with van der Waals surface area (Å²) in [5, 5.41) is 16.5. The van der Waals surface area contributed by atoms with Gasteiger partial charge in [0.25, 0.3) is 0 Å². The lowest BCUT2D eigenvalue weighted by Crippen LogP contribution is -2.76. The molecule has 0 unspecified atom stereocenters. The van der Waals surface area contributed by atoms with Crippen molar-refractivity contribution in [2.24, 2.45) is 0 Å². The maximum Gasteiger partial charge on any atom is 0.334 e. The second-order valence-corrected chi connectivity index (χ2v) is 12.0. The van der Waals surface area contributed by atoms with Crippen LogP contribution in [0.2, 0.25) is 5.02 Å². The number of hydrogen-bond donors (Lipinski definition) is 2. The summed E-state index contributed by atoms with van der Waals surface area (Å²) in [5.74, 6) is -0.352. The fourth-order valence-corrected chi connectivity index (χ4v) is 6.09. The first-order chi connectivity index (χ1) is 21.0. The van der Waals surface area contributed by atoms with Gasteiger partial charge in [-0.3, -0.25) is 9.59 Å². The summed E-state index contributed by atoms with van der Waals surface area (Å²) in [6.07, 6.45) is -0.520. The zero-order valence-corrected chi connectivity index (χ0v) is 26.2. The van der Waals surface area contributed by atoms with Crippen LogP contribution in [0.5, 0.6) is 5.75 Å². The van der Waals surface area contributed by atoms with Crippen LogP contribution in [-0.4, -0.2) is 88.2 Å². The molecule has 2 atom stereocenters. The number of phenolic OH excluding ortho intramolecular Hbond substituents is 1. The number of carbonyl (C=O) groups excluding carboxylic acids is 3. The average molecular weight is 619 g/mol. The predicted octanol–water partition coefficient (Wildman–Crippen LogP) is 4.07. The molecule has 0 radical (unpaired) electrons. The summed E-state index contributed by atoms with van der Waals surface area (Å²) in [5.41, 5.74) is 3.43. The van der Waals surface area contributed by atoms with E-state index < -0.39 is 12.2 Å². The van der Waals surface area contributed by atoms with Crippen molar-refractivity contribution in [2.45, 2.75) is 51.6 Å². The Bertz CT molecular complexity index is 1500. The number of carbonyl (C=O) groups is 3. The Morgan fingerprint density at radius 3 is 2.41 bits per heavy atom. The zero-order chi connectivity index (χ0) is 31.5. The Balaban J connectivity index is 1.51. The molecule has 0 aliphatic carbocycles. The summed E-state index contributed by atoms with van der Waals surface area (Å²) in [4.78, 5) is 47.0. The van der Waals surface area contributed by atoms with Crippen molar-refractivity contribution in [3.63, 3.8) is 0 Å². The van der Waals surface area contributed by atoms with Crippen LogP contribution in [0.3, 0.4) is 0 Å². The van der Waals surface area contributed by atoms with Gasteiger partial charge in [-0.25, -0.2) is 14.8 Å². The van der Waals surface area contributed by atoms with Gasteiger partial charge in [0.2, 0.25) is 11.8 Å². The molecule has 10 nitrogen and oxygen atoms in total. The number of halogens is 1. The number of piperazine rings is 1. The van der Waals surface area contributed by atoms with Crippen molar-refractivity contribution in [3.05, 3.63) is 94.5 Å². The molecule has 232 valence electrons. The van der Waals surface area contributed by atoms with Gasteiger partial charge in [0, 0.05) is 55.9 Å². The number of rotatable bonds is 8. The van der Waals surface area contributed by atoms with E-state index >= 15 is 0 Å². The van der Waals surface area contributed by atoms with Gasteiger partial charge >= 0.3 is 6.03 Å². The van der Waals surface area contributed by atoms with E-state index in [1.807, 2.05) is 55.6 Å². The molecule has 11 heteroatoms. The third kappa shape index (κ3) is 6.46. The molecule has 2 fully saturated rings. The Hall–Kier alpha value is -4.28. The summed E-state index contributed by atoms with van der Waals surface area (Å²) in [6, 6.07) is 20.8. The lowest BCUT2D eigenvalue weighted by molar-refractivity contribution is -0.187. The highest BCUT2D eigenvalue weighted by atomic mass is 35.5. The Morgan fingerprint density at radius 1 is 1.02 bits per heavy atom. The molecule has 0 aromatic heterocycles. The predicted molar refractivity (Wildman–Crippen MR) is 170 cm³/mol. The number of likely N-dealkylation sites (N-methyl/N-ethyl adjacent to an activating group) is 1. The second-order valence-electron chi connectivity index (χ2n) is 11.6. The number of benzene rings is 3. The van der Waals surface area contributed by atoms with Crippen molar-refractivity contribution in [2.75, 3.05) is 32.1 Å². The first-order valence-electron chi connectivity index (χ1n) is 14.7. The van der Waals surface area contributed by atoms with Gasteiger partial charge in [-0.2, -0.15) is 0 Å². The van der Waals surface area contributed by atoms with Crippen LogP contribution in [0.4, 0.5) is 10.5 Å². The molecule has 3 aromatic rings. The molecule has 2 aliphatic heterocycles. The normalized spacial score (nSPS) is 18.9. The van der Waals surface area contributed by atoms with Gasteiger partial charge < -0.3 is 25.1 Å². The van der Waals surface area contributed by atoms with E-state index in [2.05, 4.69) is 24.1 Å². The van der Waals surface area contributed by atoms with E-state index in [9.17, 15) is 19.5 Å². The molecule has 3 aromatic carbocycles. The van der Waals surface area contributed by atoms with Crippen molar-refractivity contribution < 1.29 is 19.5 Å². The molecule has 2 saturated heterocycles. The minimum atomic E-state index is -0.863. The molecule has 2 aliphatic rings. The number of amides is 4. The first kappa shape index (κ1) is 31.2. The van der Waals surface area contributed by atoms with Gasteiger partial charge in [0.05, 0.1) is 13.1 Å². The van der Waals surface area contributed by atoms with Gasteiger partial charge in [-0.1, -0.05) is 60.1 Å². The summed E-state index contributed by atoms with van der Waals surface area (Å²) in [7, 11) is 3.69. The van der Waals surface area contributed by atoms with Crippen LogP contribution in [-0.2, 0) is 29.1 Å². The topological polar surface area (TPSA) is 99.7 Å². The van der Waals surface area contributed by atoms with Crippen molar-refractivity contribution >= 4 is 35.1 Å². The summed E-state index contributed by atoms with van der Waals surface area (Å²) >= 11 is 6.75. The smallest absolute Gasteiger partial charge is 0.334 e. The van der Waals surface area contributed by atoms with Crippen LogP contribution in [0.15, 0.2) is 72.8 Å². The summed E-state index contributed by atoms with van der Waals surface area (Å²) < 4.78 is 0. The average Bonchev–Trinajstić information content (AvgIpc) is 3.00. The number of hydrogen-bond acceptors (Lipinski definition) is 6. The highest BCUT2D eigenvalue weighted by Gasteiger charge is 2.50. The lowest BCUT2D eigenvalue weighted by atomic mass is 9.98. The number of urea groups is 1. The van der Waals surface area contributed by atoms with Crippen LogP contribution < -0.4 is 10.2 Å². The molecule has 44 heavy (non-hydrogen) atoms.